The van der Waals surface area contributed by atoms with Gasteiger partial charge < -0.3 is 26.0 Å². The molecule has 1 aliphatic heterocycles. The van der Waals surface area contributed by atoms with Gasteiger partial charge in [0.2, 0.25) is 0 Å². The highest BCUT2D eigenvalue weighted by Crippen LogP contribution is 2.33. The molecule has 1 fully saturated rings. The van der Waals surface area contributed by atoms with Gasteiger partial charge in [0, 0.05) is 23.7 Å². The first-order chi connectivity index (χ1) is 16.5. The second-order valence-electron chi connectivity index (χ2n) is 8.34. The van der Waals surface area contributed by atoms with E-state index in [9.17, 15) is 14.4 Å². The summed E-state index contributed by atoms with van der Waals surface area (Å²) in [4.78, 5) is 43.2. The maximum atomic E-state index is 13.3. The van der Waals surface area contributed by atoms with Crippen molar-refractivity contribution in [3.63, 3.8) is 0 Å². The fourth-order valence-corrected chi connectivity index (χ4v) is 3.75. The van der Waals surface area contributed by atoms with Gasteiger partial charge >= 0.3 is 0 Å². The van der Waals surface area contributed by atoms with E-state index in [0.717, 1.165) is 18.4 Å². The van der Waals surface area contributed by atoms with Crippen LogP contribution >= 0.6 is 0 Å². The van der Waals surface area contributed by atoms with Crippen LogP contribution in [0.3, 0.4) is 0 Å². The molecule has 3 amide bonds. The number of rotatable bonds is 6. The minimum Gasteiger partial charge on any atom is -0.482 e. The maximum absolute atomic E-state index is 13.3. The molecule has 0 saturated heterocycles. The molecular weight excluding hydrogens is 434 g/mol. The largest absolute Gasteiger partial charge is 0.482 e. The van der Waals surface area contributed by atoms with E-state index in [4.69, 9.17) is 10.5 Å². The number of benzene rings is 2. The fraction of sp³-hybridized carbons (Fsp3) is 0.200. The van der Waals surface area contributed by atoms with Gasteiger partial charge in [-0.15, -0.1) is 0 Å². The average Bonchev–Trinajstić information content (AvgIpc) is 3.69. The van der Waals surface area contributed by atoms with Crippen LogP contribution in [0.5, 0.6) is 5.75 Å². The van der Waals surface area contributed by atoms with E-state index in [1.54, 1.807) is 42.5 Å². The van der Waals surface area contributed by atoms with Gasteiger partial charge in [-0.2, -0.15) is 0 Å². The molecule has 1 saturated carbocycles. The van der Waals surface area contributed by atoms with Crippen molar-refractivity contribution in [3.8, 4) is 5.75 Å². The molecular formula is C25H23N5O4. The number of anilines is 3. The Bertz CT molecular complexity index is 1250. The number of ether oxygens (including phenoxy) is 1. The number of hydrogen-bond donors (Lipinski definition) is 3. The summed E-state index contributed by atoms with van der Waals surface area (Å²) in [6.45, 7) is 0.366. The van der Waals surface area contributed by atoms with Gasteiger partial charge in [-0.1, -0.05) is 12.1 Å². The second-order valence-corrected chi connectivity index (χ2v) is 8.34. The van der Waals surface area contributed by atoms with Crippen molar-refractivity contribution >= 4 is 34.9 Å². The number of carbonyl (C=O) groups excluding carboxylic acids is 3. The number of carbonyl (C=O) groups is 3. The average molecular weight is 457 g/mol. The Morgan fingerprint density at radius 3 is 2.56 bits per heavy atom. The van der Waals surface area contributed by atoms with Crippen molar-refractivity contribution in [2.24, 2.45) is 0 Å². The third-order valence-corrected chi connectivity index (χ3v) is 5.71. The number of fused-ring (bicyclic) bond motifs is 1. The lowest BCUT2D eigenvalue weighted by Crippen LogP contribution is -2.33. The van der Waals surface area contributed by atoms with Crippen LogP contribution in [0.4, 0.5) is 17.2 Å². The molecule has 1 aromatic heterocycles. The molecule has 0 spiro atoms. The van der Waals surface area contributed by atoms with Crippen molar-refractivity contribution < 1.29 is 19.1 Å². The Morgan fingerprint density at radius 2 is 1.85 bits per heavy atom. The minimum absolute atomic E-state index is 0.0642. The lowest BCUT2D eigenvalue weighted by molar-refractivity contribution is -0.118. The normalized spacial score (nSPS) is 14.4. The molecule has 2 aliphatic rings. The van der Waals surface area contributed by atoms with Crippen LogP contribution in [0.15, 0.2) is 60.8 Å². The van der Waals surface area contributed by atoms with Gasteiger partial charge in [-0.3, -0.25) is 14.4 Å². The molecule has 34 heavy (non-hydrogen) atoms. The first kappa shape index (κ1) is 21.4. The van der Waals surface area contributed by atoms with Crippen molar-refractivity contribution in [3.05, 3.63) is 77.5 Å². The predicted octanol–water partition coefficient (Wildman–Crippen LogP) is 3.05. The Labute approximate surface area is 195 Å². The number of pyridine rings is 1. The molecule has 0 radical (unpaired) electrons. The second kappa shape index (κ2) is 8.86. The molecule has 9 heteroatoms. The van der Waals surface area contributed by atoms with E-state index >= 15 is 0 Å². The third-order valence-electron chi connectivity index (χ3n) is 5.71. The molecule has 3 aromatic rings. The smallest absolute Gasteiger partial charge is 0.262 e. The summed E-state index contributed by atoms with van der Waals surface area (Å²) in [5.41, 5.74) is 8.62. The highest BCUT2D eigenvalue weighted by molar-refractivity contribution is 6.04. The first-order valence-corrected chi connectivity index (χ1v) is 11.0. The lowest BCUT2D eigenvalue weighted by atomic mass is 10.1. The minimum atomic E-state index is -0.278. The number of aromatic nitrogens is 1. The topological polar surface area (TPSA) is 127 Å². The SMILES string of the molecule is Nc1ccc(NC(=O)c2ccc(CN(C(=O)c3ccc4c(c3)OCC(=O)N4)C3CC3)cc2)nc1. The molecule has 2 aromatic carbocycles. The maximum Gasteiger partial charge on any atom is 0.262 e. The highest BCUT2D eigenvalue weighted by Gasteiger charge is 2.33. The number of hydrogen-bond acceptors (Lipinski definition) is 6. The van der Waals surface area contributed by atoms with Crippen LogP contribution in [0.25, 0.3) is 0 Å². The first-order valence-electron chi connectivity index (χ1n) is 11.0. The van der Waals surface area contributed by atoms with Crippen molar-refractivity contribution in [1.82, 2.24) is 9.88 Å². The molecule has 0 atom stereocenters. The zero-order chi connectivity index (χ0) is 23.7. The van der Waals surface area contributed by atoms with Crippen LogP contribution in [-0.4, -0.2) is 40.3 Å². The summed E-state index contributed by atoms with van der Waals surface area (Å²) in [6, 6.07) is 15.7. The van der Waals surface area contributed by atoms with Crippen LogP contribution in [0, 0.1) is 0 Å². The van der Waals surface area contributed by atoms with Crippen molar-refractivity contribution in [2.75, 3.05) is 23.0 Å². The van der Waals surface area contributed by atoms with Gasteiger partial charge in [-0.25, -0.2) is 4.98 Å². The zero-order valence-corrected chi connectivity index (χ0v) is 18.3. The van der Waals surface area contributed by atoms with E-state index in [1.165, 1.54) is 6.20 Å². The molecule has 1 aliphatic carbocycles. The number of nitrogens with one attached hydrogen (secondary N) is 2. The van der Waals surface area contributed by atoms with Gasteiger partial charge in [0.05, 0.1) is 17.6 Å². The number of nitrogens with zero attached hydrogens (tertiary/aromatic N) is 2. The van der Waals surface area contributed by atoms with Crippen LogP contribution in [0.2, 0.25) is 0 Å². The summed E-state index contributed by atoms with van der Waals surface area (Å²) in [7, 11) is 0. The Hall–Kier alpha value is -4.40. The molecule has 9 nitrogen and oxygen atoms in total. The molecule has 2 heterocycles. The summed E-state index contributed by atoms with van der Waals surface area (Å²) in [5.74, 6) is 0.324. The van der Waals surface area contributed by atoms with E-state index in [2.05, 4.69) is 15.6 Å². The summed E-state index contributed by atoms with van der Waals surface area (Å²) >= 11 is 0. The van der Waals surface area contributed by atoms with Gasteiger partial charge in [0.15, 0.2) is 6.61 Å². The van der Waals surface area contributed by atoms with E-state index in [-0.39, 0.29) is 30.4 Å². The zero-order valence-electron chi connectivity index (χ0n) is 18.3. The van der Waals surface area contributed by atoms with E-state index in [0.29, 0.717) is 40.6 Å². The van der Waals surface area contributed by atoms with Gasteiger partial charge in [-0.05, 0) is 60.9 Å². The molecule has 4 N–H and O–H groups in total. The van der Waals surface area contributed by atoms with Crippen molar-refractivity contribution in [2.45, 2.75) is 25.4 Å². The summed E-state index contributed by atoms with van der Waals surface area (Å²) in [5, 5.41) is 5.46. The highest BCUT2D eigenvalue weighted by atomic mass is 16.5. The Balaban J connectivity index is 1.27. The standard InChI is InChI=1S/C25H23N5O4/c26-18-6-10-22(27-12-18)29-24(32)16-3-1-15(2-4-16)13-30(19-7-8-19)25(33)17-5-9-20-21(11-17)34-14-23(31)28-20/h1-6,9-12,19H,7-8,13-14,26H2,(H,28,31)(H,27,29,32). The van der Waals surface area contributed by atoms with Crippen LogP contribution < -0.4 is 21.1 Å². The van der Waals surface area contributed by atoms with Gasteiger partial charge in [0.1, 0.15) is 11.6 Å². The van der Waals surface area contributed by atoms with E-state index in [1.807, 2.05) is 17.0 Å². The summed E-state index contributed by atoms with van der Waals surface area (Å²) in [6.07, 6.45) is 3.39. The molecule has 0 bridgehead atoms. The molecule has 0 unspecified atom stereocenters. The van der Waals surface area contributed by atoms with Crippen molar-refractivity contribution in [1.29, 1.82) is 0 Å². The monoisotopic (exact) mass is 457 g/mol. The number of nitrogens with two attached hydrogens (primary N) is 1. The quantitative estimate of drug-likeness (QED) is 0.522. The predicted molar refractivity (Wildman–Crippen MR) is 127 cm³/mol. The van der Waals surface area contributed by atoms with Crippen LogP contribution in [-0.2, 0) is 11.3 Å². The summed E-state index contributed by atoms with van der Waals surface area (Å²) < 4.78 is 5.45. The van der Waals surface area contributed by atoms with E-state index < -0.39 is 0 Å². The number of amides is 3. The van der Waals surface area contributed by atoms with Gasteiger partial charge in [0.25, 0.3) is 17.7 Å². The number of nitrogen functional groups attached to an aromatic ring is 1. The molecule has 5 rings (SSSR count). The third kappa shape index (κ3) is 4.68. The van der Waals surface area contributed by atoms with Crippen LogP contribution in [0.1, 0.15) is 39.1 Å². The fourth-order valence-electron chi connectivity index (χ4n) is 3.75. The lowest BCUT2D eigenvalue weighted by Gasteiger charge is -2.24. The molecule has 172 valence electrons. The Kier molecular flexibility index (Phi) is 5.59. The Morgan fingerprint density at radius 1 is 1.09 bits per heavy atom.